The Balaban J connectivity index is 1.84. The van der Waals surface area contributed by atoms with Gasteiger partial charge in [-0.1, -0.05) is 0 Å². The average molecular weight is 337 g/mol. The number of hydrogen-bond donors (Lipinski definition) is 2. The molecule has 2 heterocycles. The molecule has 0 spiro atoms. The van der Waals surface area contributed by atoms with Crippen molar-refractivity contribution in [2.24, 2.45) is 0 Å². The van der Waals surface area contributed by atoms with Crippen molar-refractivity contribution in [2.45, 2.75) is 50.1 Å². The predicted molar refractivity (Wildman–Crippen MR) is 89.0 cm³/mol. The van der Waals surface area contributed by atoms with E-state index in [1.165, 1.54) is 6.92 Å². The third kappa shape index (κ3) is 3.27. The third-order valence-electron chi connectivity index (χ3n) is 4.58. The number of anilines is 1. The molecule has 1 atom stereocenters. The van der Waals surface area contributed by atoms with Crippen molar-refractivity contribution >= 4 is 21.6 Å². The number of hydrogen-bond acceptors (Lipinski definition) is 4. The molecule has 0 aromatic heterocycles. The molecule has 1 amide bonds. The summed E-state index contributed by atoms with van der Waals surface area (Å²) in [7, 11) is -3.52. The molecule has 1 aromatic carbocycles. The molecule has 1 unspecified atom stereocenters. The molecule has 0 saturated carbocycles. The van der Waals surface area contributed by atoms with Crippen molar-refractivity contribution in [3.05, 3.63) is 23.8 Å². The first-order valence-corrected chi connectivity index (χ1v) is 9.52. The molecule has 6 nitrogen and oxygen atoms in total. The lowest BCUT2D eigenvalue weighted by molar-refractivity contribution is -0.116. The lowest BCUT2D eigenvalue weighted by Crippen LogP contribution is -2.42. The number of carbonyl (C=O) groups is 1. The van der Waals surface area contributed by atoms with E-state index in [0.29, 0.717) is 6.42 Å². The molecule has 1 aromatic rings. The lowest BCUT2D eigenvalue weighted by Gasteiger charge is -2.23. The van der Waals surface area contributed by atoms with Crippen LogP contribution in [0.3, 0.4) is 0 Å². The smallest absolute Gasteiger partial charge is 0.240 e. The quantitative estimate of drug-likeness (QED) is 0.863. The van der Waals surface area contributed by atoms with Gasteiger partial charge in [0.2, 0.25) is 15.9 Å². The largest absolute Gasteiger partial charge is 0.317 e. The van der Waals surface area contributed by atoms with E-state index in [-0.39, 0.29) is 22.9 Å². The minimum absolute atomic E-state index is 0.0119. The van der Waals surface area contributed by atoms with Gasteiger partial charge >= 0.3 is 0 Å². The Morgan fingerprint density at radius 1 is 1.30 bits per heavy atom. The number of sulfonamides is 1. The Labute approximate surface area is 137 Å². The van der Waals surface area contributed by atoms with Gasteiger partial charge in [0.15, 0.2) is 0 Å². The SMILES string of the molecule is CC(=O)N1c2ccc(S(=O)(=O)NC3CCNCC3)cc2CC1C. The highest BCUT2D eigenvalue weighted by Crippen LogP contribution is 2.33. The molecule has 0 aliphatic carbocycles. The zero-order chi connectivity index (χ0) is 16.6. The molecular weight excluding hydrogens is 314 g/mol. The topological polar surface area (TPSA) is 78.5 Å². The van der Waals surface area contributed by atoms with Crippen LogP contribution in [0.25, 0.3) is 0 Å². The second-order valence-electron chi connectivity index (χ2n) is 6.38. The van der Waals surface area contributed by atoms with Crippen molar-refractivity contribution in [1.29, 1.82) is 0 Å². The first kappa shape index (κ1) is 16.4. The highest BCUT2D eigenvalue weighted by Gasteiger charge is 2.30. The molecule has 7 heteroatoms. The van der Waals surface area contributed by atoms with Gasteiger partial charge in [0.1, 0.15) is 0 Å². The van der Waals surface area contributed by atoms with Gasteiger partial charge in [0.25, 0.3) is 0 Å². The first-order valence-electron chi connectivity index (χ1n) is 8.04. The molecule has 2 aliphatic heterocycles. The molecule has 23 heavy (non-hydrogen) atoms. The lowest BCUT2D eigenvalue weighted by atomic mass is 10.1. The number of carbonyl (C=O) groups excluding carboxylic acids is 1. The third-order valence-corrected chi connectivity index (χ3v) is 6.10. The van der Waals surface area contributed by atoms with Crippen LogP contribution in [-0.2, 0) is 21.2 Å². The van der Waals surface area contributed by atoms with Crippen molar-refractivity contribution < 1.29 is 13.2 Å². The van der Waals surface area contributed by atoms with Crippen LogP contribution in [0, 0.1) is 0 Å². The highest BCUT2D eigenvalue weighted by molar-refractivity contribution is 7.89. The molecule has 3 rings (SSSR count). The van der Waals surface area contributed by atoms with Crippen LogP contribution in [0.4, 0.5) is 5.69 Å². The molecule has 1 fully saturated rings. The fraction of sp³-hybridized carbons (Fsp3) is 0.562. The van der Waals surface area contributed by atoms with Gasteiger partial charge in [0.05, 0.1) is 4.90 Å². The van der Waals surface area contributed by atoms with E-state index < -0.39 is 10.0 Å². The molecule has 1 saturated heterocycles. The predicted octanol–water partition coefficient (Wildman–Crippen LogP) is 1.01. The van der Waals surface area contributed by atoms with Gasteiger partial charge < -0.3 is 10.2 Å². The second-order valence-corrected chi connectivity index (χ2v) is 8.09. The van der Waals surface area contributed by atoms with E-state index in [1.54, 1.807) is 23.1 Å². The Morgan fingerprint density at radius 2 is 2.00 bits per heavy atom. The molecule has 0 bridgehead atoms. The summed E-state index contributed by atoms with van der Waals surface area (Å²) < 4.78 is 28.0. The normalized spacial score (nSPS) is 22.2. The summed E-state index contributed by atoms with van der Waals surface area (Å²) in [6, 6.07) is 5.10. The number of amides is 1. The molecule has 126 valence electrons. The zero-order valence-electron chi connectivity index (χ0n) is 13.5. The van der Waals surface area contributed by atoms with Gasteiger partial charge in [-0.25, -0.2) is 13.1 Å². The van der Waals surface area contributed by atoms with E-state index in [0.717, 1.165) is 37.2 Å². The summed E-state index contributed by atoms with van der Waals surface area (Å²) in [5, 5.41) is 3.22. The van der Waals surface area contributed by atoms with Crippen LogP contribution in [0.5, 0.6) is 0 Å². The fourth-order valence-electron chi connectivity index (χ4n) is 3.48. The number of rotatable bonds is 3. The Kier molecular flexibility index (Phi) is 4.44. The van der Waals surface area contributed by atoms with Crippen molar-refractivity contribution in [3.8, 4) is 0 Å². The zero-order valence-corrected chi connectivity index (χ0v) is 14.3. The Hall–Kier alpha value is -1.44. The number of nitrogens with zero attached hydrogens (tertiary/aromatic N) is 1. The summed E-state index contributed by atoms with van der Waals surface area (Å²) in [6.45, 7) is 5.18. The number of fused-ring (bicyclic) bond motifs is 1. The maximum absolute atomic E-state index is 12.6. The minimum Gasteiger partial charge on any atom is -0.317 e. The van der Waals surface area contributed by atoms with E-state index in [9.17, 15) is 13.2 Å². The van der Waals surface area contributed by atoms with Crippen molar-refractivity contribution in [3.63, 3.8) is 0 Å². The van der Waals surface area contributed by atoms with Crippen LogP contribution in [-0.4, -0.2) is 39.5 Å². The van der Waals surface area contributed by atoms with Gasteiger partial charge in [-0.2, -0.15) is 0 Å². The van der Waals surface area contributed by atoms with Crippen LogP contribution in [0.2, 0.25) is 0 Å². The average Bonchev–Trinajstić information content (AvgIpc) is 2.82. The monoisotopic (exact) mass is 337 g/mol. The summed E-state index contributed by atoms with van der Waals surface area (Å²) in [6.07, 6.45) is 2.30. The van der Waals surface area contributed by atoms with Crippen LogP contribution < -0.4 is 14.9 Å². The highest BCUT2D eigenvalue weighted by atomic mass is 32.2. The number of nitrogens with one attached hydrogen (secondary N) is 2. The number of benzene rings is 1. The summed E-state index contributed by atoms with van der Waals surface area (Å²) in [5.41, 5.74) is 1.74. The summed E-state index contributed by atoms with van der Waals surface area (Å²) >= 11 is 0. The maximum Gasteiger partial charge on any atom is 0.240 e. The fourth-order valence-corrected chi connectivity index (χ4v) is 4.84. The van der Waals surface area contributed by atoms with Crippen LogP contribution >= 0.6 is 0 Å². The Morgan fingerprint density at radius 3 is 2.65 bits per heavy atom. The van der Waals surface area contributed by atoms with E-state index in [1.807, 2.05) is 6.92 Å². The summed E-state index contributed by atoms with van der Waals surface area (Å²) in [5.74, 6) is -0.0142. The van der Waals surface area contributed by atoms with Crippen LogP contribution in [0.15, 0.2) is 23.1 Å². The maximum atomic E-state index is 12.6. The minimum atomic E-state index is -3.52. The Bertz CT molecular complexity index is 711. The van der Waals surface area contributed by atoms with E-state index in [2.05, 4.69) is 10.0 Å². The van der Waals surface area contributed by atoms with Gasteiger partial charge in [-0.05, 0) is 63.0 Å². The van der Waals surface area contributed by atoms with Gasteiger partial charge in [-0.15, -0.1) is 0 Å². The van der Waals surface area contributed by atoms with E-state index >= 15 is 0 Å². The molecule has 0 radical (unpaired) electrons. The van der Waals surface area contributed by atoms with Gasteiger partial charge in [0, 0.05) is 24.7 Å². The molecule has 2 aliphatic rings. The van der Waals surface area contributed by atoms with Gasteiger partial charge in [-0.3, -0.25) is 4.79 Å². The van der Waals surface area contributed by atoms with Crippen molar-refractivity contribution in [1.82, 2.24) is 10.0 Å². The van der Waals surface area contributed by atoms with E-state index in [4.69, 9.17) is 0 Å². The second kappa shape index (κ2) is 6.22. The van der Waals surface area contributed by atoms with Crippen LogP contribution in [0.1, 0.15) is 32.3 Å². The molecule has 2 N–H and O–H groups in total. The number of piperidine rings is 1. The molecular formula is C16H23N3O3S. The summed E-state index contributed by atoms with van der Waals surface area (Å²) in [4.78, 5) is 13.8. The standard InChI is InChI=1S/C16H23N3O3S/c1-11-9-13-10-15(3-4-16(13)19(11)12(2)20)23(21,22)18-14-5-7-17-8-6-14/h3-4,10-11,14,17-18H,5-9H2,1-2H3. The first-order chi connectivity index (χ1) is 10.9. The van der Waals surface area contributed by atoms with Crippen molar-refractivity contribution in [2.75, 3.05) is 18.0 Å².